The molecule has 3 nitrogen and oxygen atoms in total. The summed E-state index contributed by atoms with van der Waals surface area (Å²) in [7, 11) is 0. The van der Waals surface area contributed by atoms with Crippen LogP contribution in [0.3, 0.4) is 0 Å². The summed E-state index contributed by atoms with van der Waals surface area (Å²) in [6, 6.07) is 11.6. The summed E-state index contributed by atoms with van der Waals surface area (Å²) in [4.78, 5) is 15.4. The fourth-order valence-electron chi connectivity index (χ4n) is 5.82. The van der Waals surface area contributed by atoms with Crippen LogP contribution in [0.4, 0.5) is 0 Å². The molecule has 2 saturated carbocycles. The molecule has 1 saturated heterocycles. The highest BCUT2D eigenvalue weighted by Gasteiger charge is 2.56. The number of likely N-dealkylation sites (tertiary alicyclic amines) is 1. The Hall–Kier alpha value is -1.35. The van der Waals surface area contributed by atoms with Crippen molar-refractivity contribution in [3.8, 4) is 0 Å². The van der Waals surface area contributed by atoms with E-state index in [0.717, 1.165) is 12.8 Å². The van der Waals surface area contributed by atoms with Crippen LogP contribution in [0.5, 0.6) is 0 Å². The number of rotatable bonds is 4. The van der Waals surface area contributed by atoms with Gasteiger partial charge in [0.15, 0.2) is 0 Å². The predicted molar refractivity (Wildman–Crippen MR) is 99.4 cm³/mol. The molecule has 2 aliphatic carbocycles. The van der Waals surface area contributed by atoms with Crippen LogP contribution in [-0.4, -0.2) is 36.6 Å². The van der Waals surface area contributed by atoms with Gasteiger partial charge in [-0.3, -0.25) is 4.79 Å². The van der Waals surface area contributed by atoms with Gasteiger partial charge < -0.3 is 9.64 Å². The number of esters is 1. The summed E-state index contributed by atoms with van der Waals surface area (Å²) in [5, 5.41) is 0. The van der Waals surface area contributed by atoms with E-state index in [1.165, 1.54) is 50.8 Å². The lowest BCUT2D eigenvalue weighted by atomic mass is 9.80. The average Bonchev–Trinajstić information content (AvgIpc) is 3.21. The summed E-state index contributed by atoms with van der Waals surface area (Å²) < 4.78 is 5.48. The lowest BCUT2D eigenvalue weighted by Crippen LogP contribution is -2.41. The second-order valence-electron chi connectivity index (χ2n) is 8.28. The maximum Gasteiger partial charge on any atom is 0.312 e. The molecule has 3 aliphatic rings. The largest absolute Gasteiger partial charge is 0.466 e. The van der Waals surface area contributed by atoms with Gasteiger partial charge in [-0.15, -0.1) is 0 Å². The average molecular weight is 341 g/mol. The van der Waals surface area contributed by atoms with Crippen molar-refractivity contribution >= 4 is 5.97 Å². The standard InChI is InChI=1S/C22H31NO2/c1-2-25-21(24)22-12-6-9-19(22)15-20(16-22)23-13-10-18(11-14-23)17-7-4-3-5-8-17/h3-5,7-8,18-20H,2,6,9-16H2,1H3. The zero-order valence-corrected chi connectivity index (χ0v) is 15.5. The Morgan fingerprint density at radius 1 is 1.20 bits per heavy atom. The van der Waals surface area contributed by atoms with Crippen LogP contribution in [0.15, 0.2) is 30.3 Å². The van der Waals surface area contributed by atoms with Gasteiger partial charge in [0.25, 0.3) is 0 Å². The third kappa shape index (κ3) is 3.12. The molecule has 3 unspecified atom stereocenters. The molecule has 0 spiro atoms. The van der Waals surface area contributed by atoms with Crippen molar-refractivity contribution in [3.63, 3.8) is 0 Å². The maximum atomic E-state index is 12.7. The number of benzene rings is 1. The van der Waals surface area contributed by atoms with E-state index in [9.17, 15) is 4.79 Å². The van der Waals surface area contributed by atoms with E-state index in [-0.39, 0.29) is 11.4 Å². The molecule has 1 aromatic carbocycles. The lowest BCUT2D eigenvalue weighted by Gasteiger charge is -2.37. The van der Waals surface area contributed by atoms with Crippen molar-refractivity contribution in [2.24, 2.45) is 11.3 Å². The zero-order chi connectivity index (χ0) is 17.3. The van der Waals surface area contributed by atoms with Gasteiger partial charge in [-0.1, -0.05) is 36.8 Å². The molecule has 3 heteroatoms. The van der Waals surface area contributed by atoms with E-state index in [4.69, 9.17) is 4.74 Å². The topological polar surface area (TPSA) is 29.5 Å². The molecular weight excluding hydrogens is 310 g/mol. The van der Waals surface area contributed by atoms with Crippen molar-refractivity contribution in [1.82, 2.24) is 4.90 Å². The molecule has 1 aliphatic heterocycles. The highest BCUT2D eigenvalue weighted by molar-refractivity contribution is 5.78. The molecular formula is C22H31NO2. The normalized spacial score (nSPS) is 33.3. The quantitative estimate of drug-likeness (QED) is 0.761. The van der Waals surface area contributed by atoms with Gasteiger partial charge in [-0.2, -0.15) is 0 Å². The third-order valence-corrected chi connectivity index (χ3v) is 7.11. The Balaban J connectivity index is 1.39. The van der Waals surface area contributed by atoms with Crippen LogP contribution >= 0.6 is 0 Å². The van der Waals surface area contributed by atoms with Crippen LogP contribution in [0.25, 0.3) is 0 Å². The molecule has 3 atom stereocenters. The Labute approximate surface area is 151 Å². The first-order valence-corrected chi connectivity index (χ1v) is 10.2. The highest BCUT2D eigenvalue weighted by atomic mass is 16.5. The molecule has 25 heavy (non-hydrogen) atoms. The van der Waals surface area contributed by atoms with Crippen LogP contribution in [0, 0.1) is 11.3 Å². The summed E-state index contributed by atoms with van der Waals surface area (Å²) in [5.41, 5.74) is 1.34. The number of carbonyl (C=O) groups excluding carboxylic acids is 1. The SMILES string of the molecule is CCOC(=O)C12CCCC1CC(N1CCC(c3ccccc3)CC1)C2. The van der Waals surface area contributed by atoms with Gasteiger partial charge in [-0.05, 0) is 75.9 Å². The van der Waals surface area contributed by atoms with Gasteiger partial charge in [0, 0.05) is 6.04 Å². The number of hydrogen-bond donors (Lipinski definition) is 0. The molecule has 4 rings (SSSR count). The molecule has 0 bridgehead atoms. The van der Waals surface area contributed by atoms with Gasteiger partial charge in [0.2, 0.25) is 0 Å². The molecule has 0 aromatic heterocycles. The number of hydrogen-bond acceptors (Lipinski definition) is 3. The molecule has 0 amide bonds. The summed E-state index contributed by atoms with van der Waals surface area (Å²) >= 11 is 0. The van der Waals surface area contributed by atoms with Crippen LogP contribution in [-0.2, 0) is 9.53 Å². The van der Waals surface area contributed by atoms with Gasteiger partial charge in [0.1, 0.15) is 0 Å². The van der Waals surface area contributed by atoms with Crippen LogP contribution in [0.2, 0.25) is 0 Å². The molecule has 3 fully saturated rings. The summed E-state index contributed by atoms with van der Waals surface area (Å²) in [5.74, 6) is 1.36. The summed E-state index contributed by atoms with van der Waals surface area (Å²) in [6.45, 7) is 4.80. The smallest absolute Gasteiger partial charge is 0.312 e. The first-order valence-electron chi connectivity index (χ1n) is 10.2. The highest BCUT2D eigenvalue weighted by Crippen LogP contribution is 2.56. The molecule has 136 valence electrons. The Morgan fingerprint density at radius 2 is 1.96 bits per heavy atom. The molecule has 0 radical (unpaired) electrons. The fraction of sp³-hybridized carbons (Fsp3) is 0.682. The molecule has 1 aromatic rings. The number of ether oxygens (including phenoxy) is 1. The number of nitrogens with zero attached hydrogens (tertiary/aromatic N) is 1. The van der Waals surface area contributed by atoms with Gasteiger partial charge in [-0.25, -0.2) is 0 Å². The molecule has 0 N–H and O–H groups in total. The number of carbonyl (C=O) groups is 1. The second kappa shape index (κ2) is 7.11. The van der Waals surface area contributed by atoms with Crippen molar-refractivity contribution in [3.05, 3.63) is 35.9 Å². The minimum absolute atomic E-state index is 0.0965. The fourth-order valence-corrected chi connectivity index (χ4v) is 5.82. The number of piperidine rings is 1. The third-order valence-electron chi connectivity index (χ3n) is 7.11. The minimum atomic E-state index is -0.156. The predicted octanol–water partition coefficient (Wildman–Crippen LogP) is 4.38. The first kappa shape index (κ1) is 17.1. The second-order valence-corrected chi connectivity index (χ2v) is 8.28. The van der Waals surface area contributed by atoms with E-state index in [2.05, 4.69) is 35.2 Å². The van der Waals surface area contributed by atoms with Crippen LogP contribution in [0.1, 0.15) is 63.4 Å². The minimum Gasteiger partial charge on any atom is -0.466 e. The van der Waals surface area contributed by atoms with E-state index < -0.39 is 0 Å². The van der Waals surface area contributed by atoms with E-state index in [0.29, 0.717) is 24.5 Å². The van der Waals surface area contributed by atoms with Crippen molar-refractivity contribution in [2.45, 2.75) is 63.8 Å². The molecule has 1 heterocycles. The van der Waals surface area contributed by atoms with Crippen LogP contribution < -0.4 is 0 Å². The Morgan fingerprint density at radius 3 is 2.68 bits per heavy atom. The Kier molecular flexibility index (Phi) is 4.86. The lowest BCUT2D eigenvalue weighted by molar-refractivity contribution is -0.156. The van der Waals surface area contributed by atoms with Crippen molar-refractivity contribution in [1.29, 1.82) is 0 Å². The van der Waals surface area contributed by atoms with Gasteiger partial charge >= 0.3 is 5.97 Å². The number of fused-ring (bicyclic) bond motifs is 1. The summed E-state index contributed by atoms with van der Waals surface area (Å²) in [6.07, 6.45) is 8.20. The first-order chi connectivity index (χ1) is 12.2. The Bertz CT molecular complexity index is 593. The zero-order valence-electron chi connectivity index (χ0n) is 15.5. The van der Waals surface area contributed by atoms with E-state index >= 15 is 0 Å². The van der Waals surface area contributed by atoms with Crippen molar-refractivity contribution in [2.75, 3.05) is 19.7 Å². The van der Waals surface area contributed by atoms with E-state index in [1.807, 2.05) is 6.92 Å². The van der Waals surface area contributed by atoms with Gasteiger partial charge in [0.05, 0.1) is 12.0 Å². The monoisotopic (exact) mass is 341 g/mol. The van der Waals surface area contributed by atoms with E-state index in [1.54, 1.807) is 0 Å². The van der Waals surface area contributed by atoms with Crippen molar-refractivity contribution < 1.29 is 9.53 Å². The maximum absolute atomic E-state index is 12.7.